The minimum Gasteiger partial charge on any atom is -0.302 e. The molecular formula is C36H42O2. The predicted octanol–water partition coefficient (Wildman–Crippen LogP) is 7.33. The molecule has 0 aliphatic heterocycles. The van der Waals surface area contributed by atoms with Crippen molar-refractivity contribution < 1.29 is 9.59 Å². The first-order valence-electron chi connectivity index (χ1n) is 14.5. The van der Waals surface area contributed by atoms with Crippen LogP contribution in [-0.4, -0.2) is 12.6 Å². The van der Waals surface area contributed by atoms with Crippen molar-refractivity contribution in [2.45, 2.75) is 89.9 Å². The fraction of sp³-hybridized carbons (Fsp3) is 0.444. The molecule has 0 radical (unpaired) electrons. The van der Waals surface area contributed by atoms with E-state index in [1.54, 1.807) is 0 Å². The summed E-state index contributed by atoms with van der Waals surface area (Å²) in [6.07, 6.45) is 9.84. The van der Waals surface area contributed by atoms with Gasteiger partial charge in [-0.3, -0.25) is 0 Å². The van der Waals surface area contributed by atoms with E-state index in [2.05, 4.69) is 88.4 Å². The van der Waals surface area contributed by atoms with Crippen LogP contribution in [0.5, 0.6) is 0 Å². The van der Waals surface area contributed by atoms with Gasteiger partial charge in [0, 0.05) is 0 Å². The van der Waals surface area contributed by atoms with Crippen molar-refractivity contribution in [3.05, 3.63) is 105 Å². The molecule has 0 spiro atoms. The van der Waals surface area contributed by atoms with Gasteiger partial charge in [-0.05, 0) is 108 Å². The smallest absolute Gasteiger partial charge is 0.131 e. The van der Waals surface area contributed by atoms with Crippen molar-refractivity contribution in [2.24, 2.45) is 11.8 Å². The van der Waals surface area contributed by atoms with E-state index in [0.29, 0.717) is 11.8 Å². The number of carbonyl (C=O) groups excluding carboxylic acids is 2. The van der Waals surface area contributed by atoms with Crippen molar-refractivity contribution >= 4 is 12.6 Å². The van der Waals surface area contributed by atoms with E-state index in [-0.39, 0.29) is 0 Å². The van der Waals surface area contributed by atoms with E-state index < -0.39 is 10.8 Å². The lowest BCUT2D eigenvalue weighted by atomic mass is 9.78. The second-order valence-electron chi connectivity index (χ2n) is 12.9. The topological polar surface area (TPSA) is 34.1 Å². The third-order valence-electron chi connectivity index (χ3n) is 9.08. The van der Waals surface area contributed by atoms with Crippen LogP contribution in [0.1, 0.15) is 85.0 Å². The molecule has 0 unspecified atom stereocenters. The van der Waals surface area contributed by atoms with Gasteiger partial charge in [-0.1, -0.05) is 88.4 Å². The summed E-state index contributed by atoms with van der Waals surface area (Å²) in [6.45, 7) is 9.03. The average Bonchev–Trinajstić information content (AvgIpc) is 3.48. The van der Waals surface area contributed by atoms with E-state index in [0.717, 1.165) is 49.7 Å². The standard InChI is InChI=1S/C36H42O2/c1-25(2)5-7-27-9-13-33(14-10-27)35(23-37)19-29-17-31-21-36(24-38,22-32(31)18-30(29)20-35)34-15-11-28(12-16-34)8-6-26(3)4/h9-18,23-26H,5-8,19-22H2,1-4H3. The van der Waals surface area contributed by atoms with Gasteiger partial charge in [0.05, 0.1) is 10.8 Å². The summed E-state index contributed by atoms with van der Waals surface area (Å²) in [7, 11) is 0. The van der Waals surface area contributed by atoms with Crippen LogP contribution in [-0.2, 0) is 58.9 Å². The Bertz CT molecular complexity index is 1160. The molecule has 0 atom stereocenters. The number of aryl methyl sites for hydroxylation is 2. The highest BCUT2D eigenvalue weighted by Gasteiger charge is 2.43. The van der Waals surface area contributed by atoms with Gasteiger partial charge in [0.15, 0.2) is 0 Å². The van der Waals surface area contributed by atoms with Gasteiger partial charge in [0.2, 0.25) is 0 Å². The SMILES string of the molecule is CC(C)CCc1ccc(C2(C=O)Cc3cc4c(cc3C2)CC(C=O)(c2ccc(CCC(C)C)cc2)C4)cc1. The molecule has 3 aromatic rings. The molecule has 0 amide bonds. The summed E-state index contributed by atoms with van der Waals surface area (Å²) in [5.74, 6) is 1.38. The number of benzene rings is 3. The zero-order valence-electron chi connectivity index (χ0n) is 23.6. The predicted molar refractivity (Wildman–Crippen MR) is 156 cm³/mol. The number of aldehydes is 2. The van der Waals surface area contributed by atoms with Gasteiger partial charge in [-0.25, -0.2) is 0 Å². The Balaban J connectivity index is 1.34. The number of rotatable bonds is 10. The molecule has 2 aliphatic carbocycles. The highest BCUT2D eigenvalue weighted by atomic mass is 16.1. The van der Waals surface area contributed by atoms with Crippen LogP contribution in [0, 0.1) is 11.8 Å². The second-order valence-corrected chi connectivity index (χ2v) is 12.9. The van der Waals surface area contributed by atoms with E-state index >= 15 is 0 Å². The lowest BCUT2D eigenvalue weighted by Gasteiger charge is -2.23. The van der Waals surface area contributed by atoms with Crippen LogP contribution in [0.25, 0.3) is 0 Å². The third kappa shape index (κ3) is 5.15. The summed E-state index contributed by atoms with van der Waals surface area (Å²) >= 11 is 0. The Kier molecular flexibility index (Phi) is 7.45. The Hall–Kier alpha value is -3.00. The molecule has 2 nitrogen and oxygen atoms in total. The summed E-state index contributed by atoms with van der Waals surface area (Å²) < 4.78 is 0. The van der Waals surface area contributed by atoms with Gasteiger partial charge >= 0.3 is 0 Å². The fourth-order valence-electron chi connectivity index (χ4n) is 6.56. The van der Waals surface area contributed by atoms with Crippen molar-refractivity contribution in [1.29, 1.82) is 0 Å². The van der Waals surface area contributed by atoms with Crippen molar-refractivity contribution in [3.63, 3.8) is 0 Å². The molecule has 198 valence electrons. The molecule has 0 saturated heterocycles. The normalized spacial score (nSPS) is 17.0. The van der Waals surface area contributed by atoms with Crippen LogP contribution in [0.3, 0.4) is 0 Å². The zero-order valence-corrected chi connectivity index (χ0v) is 23.6. The average molecular weight is 507 g/mol. The van der Waals surface area contributed by atoms with Gasteiger partial charge < -0.3 is 9.59 Å². The maximum absolute atomic E-state index is 12.6. The molecule has 0 aromatic heterocycles. The molecular weight excluding hydrogens is 464 g/mol. The van der Waals surface area contributed by atoms with E-state index in [1.807, 2.05) is 0 Å². The highest BCUT2D eigenvalue weighted by molar-refractivity contribution is 5.75. The maximum Gasteiger partial charge on any atom is 0.131 e. The second kappa shape index (κ2) is 10.6. The zero-order chi connectivity index (χ0) is 26.9. The molecule has 0 saturated carbocycles. The van der Waals surface area contributed by atoms with E-state index in [4.69, 9.17) is 0 Å². The minimum absolute atomic E-state index is 0.485. The Morgan fingerprint density at radius 1 is 0.579 bits per heavy atom. The van der Waals surface area contributed by atoms with Gasteiger partial charge in [0.25, 0.3) is 0 Å². The minimum atomic E-state index is -0.485. The summed E-state index contributed by atoms with van der Waals surface area (Å²) in [5, 5.41) is 0. The molecule has 2 aliphatic rings. The Morgan fingerprint density at radius 2 is 0.895 bits per heavy atom. The molecule has 5 rings (SSSR count). The summed E-state index contributed by atoms with van der Waals surface area (Å²) in [5.41, 5.74) is 9.04. The number of hydrogen-bond acceptors (Lipinski definition) is 2. The largest absolute Gasteiger partial charge is 0.302 e. The Labute approximate surface area is 228 Å². The first-order valence-corrected chi connectivity index (χ1v) is 14.5. The third-order valence-corrected chi connectivity index (χ3v) is 9.08. The lowest BCUT2D eigenvalue weighted by molar-refractivity contribution is -0.113. The maximum atomic E-state index is 12.6. The van der Waals surface area contributed by atoms with Crippen molar-refractivity contribution in [2.75, 3.05) is 0 Å². The van der Waals surface area contributed by atoms with E-state index in [9.17, 15) is 9.59 Å². The van der Waals surface area contributed by atoms with E-state index in [1.165, 1.54) is 58.8 Å². The molecule has 0 heterocycles. The quantitative estimate of drug-likeness (QED) is 0.270. The van der Waals surface area contributed by atoms with Crippen LogP contribution in [0.2, 0.25) is 0 Å². The Morgan fingerprint density at radius 3 is 1.16 bits per heavy atom. The number of fused-ring (bicyclic) bond motifs is 2. The lowest BCUT2D eigenvalue weighted by Crippen LogP contribution is -2.29. The van der Waals surface area contributed by atoms with Crippen LogP contribution >= 0.6 is 0 Å². The summed E-state index contributed by atoms with van der Waals surface area (Å²) in [6, 6.07) is 22.1. The highest BCUT2D eigenvalue weighted by Crippen LogP contribution is 2.44. The van der Waals surface area contributed by atoms with Crippen LogP contribution in [0.15, 0.2) is 60.7 Å². The molecule has 38 heavy (non-hydrogen) atoms. The molecule has 2 heteroatoms. The fourth-order valence-corrected chi connectivity index (χ4v) is 6.56. The first kappa shape index (κ1) is 26.6. The van der Waals surface area contributed by atoms with Gasteiger partial charge in [-0.15, -0.1) is 0 Å². The summed E-state index contributed by atoms with van der Waals surface area (Å²) in [4.78, 5) is 25.1. The van der Waals surface area contributed by atoms with Gasteiger partial charge in [0.1, 0.15) is 12.6 Å². The van der Waals surface area contributed by atoms with Crippen molar-refractivity contribution in [1.82, 2.24) is 0 Å². The van der Waals surface area contributed by atoms with Crippen molar-refractivity contribution in [3.8, 4) is 0 Å². The molecule has 0 N–H and O–H groups in total. The molecule has 3 aromatic carbocycles. The van der Waals surface area contributed by atoms with Crippen LogP contribution < -0.4 is 0 Å². The van der Waals surface area contributed by atoms with Crippen LogP contribution in [0.4, 0.5) is 0 Å². The molecule has 0 fully saturated rings. The number of carbonyl (C=O) groups is 2. The van der Waals surface area contributed by atoms with Gasteiger partial charge in [-0.2, -0.15) is 0 Å². The molecule has 0 bridgehead atoms. The monoisotopic (exact) mass is 506 g/mol. The number of hydrogen-bond donors (Lipinski definition) is 0. The first-order chi connectivity index (χ1) is 18.3.